The van der Waals surface area contributed by atoms with E-state index in [-0.39, 0.29) is 5.41 Å². The minimum Gasteiger partial charge on any atom is -0.439 e. The monoisotopic (exact) mass is 319 g/mol. The van der Waals surface area contributed by atoms with Gasteiger partial charge in [-0.1, -0.05) is 54.9 Å². The molecule has 0 spiro atoms. The van der Waals surface area contributed by atoms with E-state index in [0.29, 0.717) is 5.88 Å². The fraction of sp³-hybridized carbons (Fsp3) is 0.312. The minimum absolute atomic E-state index is 0.161. The van der Waals surface area contributed by atoms with Crippen molar-refractivity contribution in [3.63, 3.8) is 0 Å². The molecule has 2 nitrogen and oxygen atoms in total. The van der Waals surface area contributed by atoms with Crippen LogP contribution in [0.5, 0.6) is 11.6 Å². The molecule has 0 radical (unpaired) electrons. The average Bonchev–Trinajstić information content (AvgIpc) is 2.39. The number of hydrogen-bond acceptors (Lipinski definition) is 2. The van der Waals surface area contributed by atoms with E-state index in [0.717, 1.165) is 16.6 Å². The topological polar surface area (TPSA) is 22.1 Å². The molecule has 1 aromatic carbocycles. The zero-order valence-electron chi connectivity index (χ0n) is 11.5. The zero-order valence-corrected chi connectivity index (χ0v) is 13.1. The average molecular weight is 320 g/mol. The highest BCUT2D eigenvalue weighted by molar-refractivity contribution is 9.08. The quantitative estimate of drug-likeness (QED) is 0.737. The number of pyridine rings is 1. The SMILES string of the molecule is CC(C)(C)c1ccc(Oc2ccc(CBr)cn2)cc1. The summed E-state index contributed by atoms with van der Waals surface area (Å²) >= 11 is 3.39. The summed E-state index contributed by atoms with van der Waals surface area (Å²) in [6, 6.07) is 12.1. The maximum Gasteiger partial charge on any atom is 0.219 e. The fourth-order valence-corrected chi connectivity index (χ4v) is 2.03. The van der Waals surface area contributed by atoms with Crippen LogP contribution < -0.4 is 4.74 Å². The first kappa shape index (κ1) is 14.1. The summed E-state index contributed by atoms with van der Waals surface area (Å²) in [5, 5.41) is 0.806. The van der Waals surface area contributed by atoms with Crippen LogP contribution in [0.3, 0.4) is 0 Å². The van der Waals surface area contributed by atoms with Crippen molar-refractivity contribution in [2.24, 2.45) is 0 Å². The standard InChI is InChI=1S/C16H18BrNO/c1-16(2,3)13-5-7-14(8-6-13)19-15-9-4-12(10-17)11-18-15/h4-9,11H,10H2,1-3H3. The van der Waals surface area contributed by atoms with Crippen molar-refractivity contribution in [2.45, 2.75) is 31.5 Å². The van der Waals surface area contributed by atoms with Gasteiger partial charge in [0.1, 0.15) is 5.75 Å². The summed E-state index contributed by atoms with van der Waals surface area (Å²) in [4.78, 5) is 4.26. The number of aromatic nitrogens is 1. The third-order valence-corrected chi connectivity index (χ3v) is 3.54. The van der Waals surface area contributed by atoms with Crippen LogP contribution in [0, 0.1) is 0 Å². The number of benzene rings is 1. The largest absolute Gasteiger partial charge is 0.439 e. The van der Waals surface area contributed by atoms with E-state index in [9.17, 15) is 0 Å². The molecule has 0 aliphatic rings. The molecule has 1 heterocycles. The van der Waals surface area contributed by atoms with Crippen molar-refractivity contribution < 1.29 is 4.74 Å². The molecule has 0 aliphatic carbocycles. The summed E-state index contributed by atoms with van der Waals surface area (Å²) in [6.45, 7) is 6.59. The summed E-state index contributed by atoms with van der Waals surface area (Å²) in [6.07, 6.45) is 1.81. The molecule has 0 saturated heterocycles. The number of ether oxygens (including phenoxy) is 1. The molecule has 2 aromatic rings. The third kappa shape index (κ3) is 3.80. The molecule has 1 aromatic heterocycles. The Balaban J connectivity index is 2.10. The predicted molar refractivity (Wildman–Crippen MR) is 82.1 cm³/mol. The Hall–Kier alpha value is -1.35. The van der Waals surface area contributed by atoms with Gasteiger partial charge in [0.05, 0.1) is 0 Å². The van der Waals surface area contributed by atoms with E-state index in [1.165, 1.54) is 5.56 Å². The summed E-state index contributed by atoms with van der Waals surface area (Å²) < 4.78 is 5.72. The van der Waals surface area contributed by atoms with Crippen LogP contribution in [-0.4, -0.2) is 4.98 Å². The first-order valence-electron chi connectivity index (χ1n) is 6.28. The van der Waals surface area contributed by atoms with Crippen molar-refractivity contribution >= 4 is 15.9 Å². The second kappa shape index (κ2) is 5.74. The second-order valence-corrected chi connectivity index (χ2v) is 6.08. The third-order valence-electron chi connectivity index (χ3n) is 2.89. The molecule has 2 rings (SSSR count). The number of rotatable bonds is 3. The van der Waals surface area contributed by atoms with Crippen LogP contribution >= 0.6 is 15.9 Å². The van der Waals surface area contributed by atoms with E-state index in [4.69, 9.17) is 4.74 Å². The van der Waals surface area contributed by atoms with Gasteiger partial charge in [-0.25, -0.2) is 4.98 Å². The van der Waals surface area contributed by atoms with E-state index in [1.807, 2.05) is 30.5 Å². The molecule has 0 fully saturated rings. The molecule has 3 heteroatoms. The van der Waals surface area contributed by atoms with Crippen LogP contribution in [0.2, 0.25) is 0 Å². The lowest BCUT2D eigenvalue weighted by molar-refractivity contribution is 0.461. The Bertz CT molecular complexity index is 526. The maximum atomic E-state index is 5.72. The summed E-state index contributed by atoms with van der Waals surface area (Å²) in [5.74, 6) is 1.43. The van der Waals surface area contributed by atoms with Gasteiger partial charge in [0.15, 0.2) is 0 Å². The van der Waals surface area contributed by atoms with Crippen molar-refractivity contribution in [1.82, 2.24) is 4.98 Å². The molecule has 0 atom stereocenters. The Morgan fingerprint density at radius 1 is 1.05 bits per heavy atom. The van der Waals surface area contributed by atoms with Gasteiger partial charge in [0.2, 0.25) is 5.88 Å². The molecule has 0 saturated carbocycles. The summed E-state index contributed by atoms with van der Waals surface area (Å²) in [7, 11) is 0. The van der Waals surface area contributed by atoms with Gasteiger partial charge in [-0.15, -0.1) is 0 Å². The van der Waals surface area contributed by atoms with E-state index in [1.54, 1.807) is 0 Å². The minimum atomic E-state index is 0.161. The molecule has 0 bridgehead atoms. The van der Waals surface area contributed by atoms with Crippen molar-refractivity contribution in [2.75, 3.05) is 0 Å². The molecular weight excluding hydrogens is 302 g/mol. The molecular formula is C16H18BrNO. The van der Waals surface area contributed by atoms with E-state index in [2.05, 4.69) is 53.8 Å². The predicted octanol–water partition coefficient (Wildman–Crippen LogP) is 5.07. The second-order valence-electron chi connectivity index (χ2n) is 5.51. The first-order chi connectivity index (χ1) is 8.99. The molecule has 0 N–H and O–H groups in total. The van der Waals surface area contributed by atoms with Crippen LogP contribution in [0.15, 0.2) is 42.6 Å². The Morgan fingerprint density at radius 2 is 1.74 bits per heavy atom. The highest BCUT2D eigenvalue weighted by atomic mass is 79.9. The molecule has 0 unspecified atom stereocenters. The Labute approximate surface area is 123 Å². The molecule has 100 valence electrons. The van der Waals surface area contributed by atoms with Gasteiger partial charge in [-0.05, 0) is 28.7 Å². The van der Waals surface area contributed by atoms with Crippen molar-refractivity contribution in [3.8, 4) is 11.6 Å². The van der Waals surface area contributed by atoms with Crippen molar-refractivity contribution in [1.29, 1.82) is 0 Å². The van der Waals surface area contributed by atoms with Gasteiger partial charge in [-0.2, -0.15) is 0 Å². The van der Waals surface area contributed by atoms with Gasteiger partial charge in [0.25, 0.3) is 0 Å². The summed E-state index contributed by atoms with van der Waals surface area (Å²) in [5.41, 5.74) is 2.59. The lowest BCUT2D eigenvalue weighted by Crippen LogP contribution is -2.10. The smallest absolute Gasteiger partial charge is 0.219 e. The normalized spacial score (nSPS) is 11.4. The van der Waals surface area contributed by atoms with Crippen LogP contribution in [0.1, 0.15) is 31.9 Å². The number of alkyl halides is 1. The fourth-order valence-electron chi connectivity index (χ4n) is 1.69. The Kier molecular flexibility index (Phi) is 4.25. The lowest BCUT2D eigenvalue weighted by Gasteiger charge is -2.19. The Morgan fingerprint density at radius 3 is 2.21 bits per heavy atom. The zero-order chi connectivity index (χ0) is 13.9. The van der Waals surface area contributed by atoms with Gasteiger partial charge >= 0.3 is 0 Å². The molecule has 19 heavy (non-hydrogen) atoms. The lowest BCUT2D eigenvalue weighted by atomic mass is 9.87. The van der Waals surface area contributed by atoms with Gasteiger partial charge in [-0.3, -0.25) is 0 Å². The molecule has 0 aliphatic heterocycles. The highest BCUT2D eigenvalue weighted by Crippen LogP contribution is 2.26. The highest BCUT2D eigenvalue weighted by Gasteiger charge is 2.13. The number of halogens is 1. The number of nitrogens with zero attached hydrogens (tertiary/aromatic N) is 1. The van der Waals surface area contributed by atoms with Crippen LogP contribution in [-0.2, 0) is 10.7 Å². The number of hydrogen-bond donors (Lipinski definition) is 0. The van der Waals surface area contributed by atoms with Crippen molar-refractivity contribution in [3.05, 3.63) is 53.7 Å². The van der Waals surface area contributed by atoms with E-state index < -0.39 is 0 Å². The molecule has 0 amide bonds. The van der Waals surface area contributed by atoms with Crippen LogP contribution in [0.4, 0.5) is 0 Å². The maximum absolute atomic E-state index is 5.72. The van der Waals surface area contributed by atoms with Gasteiger partial charge in [0, 0.05) is 17.6 Å². The van der Waals surface area contributed by atoms with Gasteiger partial charge < -0.3 is 4.74 Å². The van der Waals surface area contributed by atoms with E-state index >= 15 is 0 Å². The first-order valence-corrected chi connectivity index (χ1v) is 7.40. The van der Waals surface area contributed by atoms with Crippen LogP contribution in [0.25, 0.3) is 0 Å².